The number of aldehydes is 1. The molecule has 0 saturated heterocycles. The number of hydrogen-bond acceptors (Lipinski definition) is 8. The van der Waals surface area contributed by atoms with Gasteiger partial charge in [0.1, 0.15) is 17.1 Å². The molecule has 13 heteroatoms. The van der Waals surface area contributed by atoms with Crippen molar-refractivity contribution in [3.63, 3.8) is 0 Å². The zero-order chi connectivity index (χ0) is 37.8. The van der Waals surface area contributed by atoms with Crippen LogP contribution >= 0.6 is 0 Å². The van der Waals surface area contributed by atoms with Crippen molar-refractivity contribution in [1.82, 2.24) is 19.4 Å². The summed E-state index contributed by atoms with van der Waals surface area (Å²) in [6.45, 7) is 2.18. The van der Waals surface area contributed by atoms with Gasteiger partial charge in [-0.15, -0.1) is 0 Å². The maximum Gasteiger partial charge on any atom is 0.387 e. The van der Waals surface area contributed by atoms with Gasteiger partial charge in [0.05, 0.1) is 23.4 Å². The highest BCUT2D eigenvalue weighted by molar-refractivity contribution is 6.03. The standard InChI is InChI=1S/C41H42F3N5O5/c1-24-26(27-7-4-8-28(35(27)42)38-47-30-18-25(21-50)33(54-39(43)44)19-34(30)53-38)6-5-9-29(24)46-37(51)36-45-31-20-49(16-10-32(31)48(36)2)17-15-40-11-13-41(22-40,14-12-40)23-52-3/h4-9,18-19,21,39H,10-17,20,22-23H2,1-3H3,(H,46,51). The van der Waals surface area contributed by atoms with E-state index in [9.17, 15) is 18.4 Å². The normalized spacial score (nSPS) is 20.9. The van der Waals surface area contributed by atoms with Gasteiger partial charge in [0.25, 0.3) is 5.91 Å². The maximum atomic E-state index is 16.3. The second-order valence-corrected chi connectivity index (χ2v) is 15.2. The Kier molecular flexibility index (Phi) is 9.33. The van der Waals surface area contributed by atoms with E-state index < -0.39 is 12.4 Å². The number of hydrogen-bond donors (Lipinski definition) is 1. The highest BCUT2D eigenvalue weighted by Crippen LogP contribution is 2.63. The van der Waals surface area contributed by atoms with Crippen LogP contribution in [0.3, 0.4) is 0 Å². The minimum atomic E-state index is -3.15. The molecule has 54 heavy (non-hydrogen) atoms. The van der Waals surface area contributed by atoms with Crippen molar-refractivity contribution >= 4 is 29.0 Å². The zero-order valence-electron chi connectivity index (χ0n) is 30.5. The van der Waals surface area contributed by atoms with E-state index >= 15 is 4.39 Å². The highest BCUT2D eigenvalue weighted by Gasteiger charge is 2.53. The summed E-state index contributed by atoms with van der Waals surface area (Å²) >= 11 is 0. The van der Waals surface area contributed by atoms with Crippen molar-refractivity contribution in [1.29, 1.82) is 0 Å². The number of halogens is 3. The van der Waals surface area contributed by atoms with Crippen molar-refractivity contribution in [2.45, 2.75) is 65.0 Å². The zero-order valence-corrected chi connectivity index (χ0v) is 30.5. The number of oxazole rings is 1. The molecule has 2 aromatic heterocycles. The van der Waals surface area contributed by atoms with Gasteiger partial charge in [-0.25, -0.2) is 14.4 Å². The second-order valence-electron chi connectivity index (χ2n) is 15.2. The molecule has 282 valence electrons. The van der Waals surface area contributed by atoms with Gasteiger partial charge in [-0.2, -0.15) is 8.78 Å². The molecule has 0 radical (unpaired) electrons. The topological polar surface area (TPSA) is 112 Å². The number of ether oxygens (including phenoxy) is 2. The first kappa shape index (κ1) is 36.0. The Morgan fingerprint density at radius 2 is 1.80 bits per heavy atom. The van der Waals surface area contributed by atoms with Crippen LogP contribution in [-0.4, -0.2) is 65.0 Å². The number of benzene rings is 3. The van der Waals surface area contributed by atoms with Gasteiger partial charge in [0.2, 0.25) is 5.89 Å². The van der Waals surface area contributed by atoms with Gasteiger partial charge in [0.15, 0.2) is 17.7 Å². The molecule has 2 fully saturated rings. The molecule has 5 aromatic rings. The molecule has 1 amide bonds. The first-order valence-corrected chi connectivity index (χ1v) is 18.3. The maximum absolute atomic E-state index is 16.3. The molecule has 2 saturated carbocycles. The number of anilines is 1. The summed E-state index contributed by atoms with van der Waals surface area (Å²) in [6.07, 6.45) is 8.75. The van der Waals surface area contributed by atoms with Crippen LogP contribution in [0, 0.1) is 23.6 Å². The Morgan fingerprint density at radius 1 is 1.06 bits per heavy atom. The summed E-state index contributed by atoms with van der Waals surface area (Å²) in [4.78, 5) is 36.8. The molecule has 8 rings (SSSR count). The number of nitrogens with zero attached hydrogens (tertiary/aromatic N) is 4. The fraction of sp³-hybridized carbons (Fsp3) is 0.415. The van der Waals surface area contributed by atoms with E-state index in [-0.39, 0.29) is 45.3 Å². The monoisotopic (exact) mass is 741 g/mol. The first-order valence-electron chi connectivity index (χ1n) is 18.3. The molecule has 1 N–H and O–H groups in total. The van der Waals surface area contributed by atoms with E-state index in [4.69, 9.17) is 14.1 Å². The van der Waals surface area contributed by atoms with Gasteiger partial charge < -0.3 is 23.8 Å². The van der Waals surface area contributed by atoms with Crippen LogP contribution in [0.1, 0.15) is 76.5 Å². The van der Waals surface area contributed by atoms with Gasteiger partial charge in [0, 0.05) is 56.7 Å². The number of nitrogens with one attached hydrogen (secondary N) is 1. The third kappa shape index (κ3) is 6.46. The van der Waals surface area contributed by atoms with Gasteiger partial charge in [-0.1, -0.05) is 24.3 Å². The Morgan fingerprint density at radius 3 is 2.56 bits per heavy atom. The van der Waals surface area contributed by atoms with E-state index in [0.29, 0.717) is 46.3 Å². The van der Waals surface area contributed by atoms with E-state index in [1.807, 2.05) is 18.7 Å². The molecule has 0 unspecified atom stereocenters. The van der Waals surface area contributed by atoms with E-state index in [0.717, 1.165) is 43.6 Å². The largest absolute Gasteiger partial charge is 0.436 e. The number of methoxy groups -OCH3 is 1. The minimum absolute atomic E-state index is 0.0273. The summed E-state index contributed by atoms with van der Waals surface area (Å²) < 4.78 is 59.7. The van der Waals surface area contributed by atoms with Gasteiger partial charge >= 0.3 is 6.61 Å². The molecule has 3 aliphatic rings. The number of amides is 1. The van der Waals surface area contributed by atoms with Gasteiger partial charge in [-0.3, -0.25) is 14.5 Å². The minimum Gasteiger partial charge on any atom is -0.436 e. The lowest BCUT2D eigenvalue weighted by Crippen LogP contribution is -2.34. The van der Waals surface area contributed by atoms with E-state index in [1.54, 1.807) is 37.3 Å². The van der Waals surface area contributed by atoms with Crippen molar-refractivity contribution < 1.29 is 36.7 Å². The van der Waals surface area contributed by atoms with Crippen molar-refractivity contribution in [2.75, 3.05) is 32.1 Å². The fourth-order valence-corrected chi connectivity index (χ4v) is 9.19. The number of carbonyl (C=O) groups is 2. The number of rotatable bonds is 12. The average Bonchev–Trinajstić information content (AvgIpc) is 3.92. The van der Waals surface area contributed by atoms with Crippen LogP contribution in [0.2, 0.25) is 0 Å². The molecule has 0 atom stereocenters. The average molecular weight is 742 g/mol. The number of fused-ring (bicyclic) bond motifs is 4. The molecule has 0 spiro atoms. The summed E-state index contributed by atoms with van der Waals surface area (Å²) in [5.41, 5.74) is 4.85. The van der Waals surface area contributed by atoms with Crippen molar-refractivity contribution in [2.24, 2.45) is 17.9 Å². The lowest BCUT2D eigenvalue weighted by Gasteiger charge is -2.32. The van der Waals surface area contributed by atoms with Crippen LogP contribution < -0.4 is 10.1 Å². The fourth-order valence-electron chi connectivity index (χ4n) is 9.19. The van der Waals surface area contributed by atoms with E-state index in [2.05, 4.69) is 19.9 Å². The van der Waals surface area contributed by atoms with Crippen LogP contribution in [0.5, 0.6) is 5.75 Å². The van der Waals surface area contributed by atoms with Crippen LogP contribution in [-0.2, 0) is 24.8 Å². The molecular formula is C41H42F3N5O5. The second kappa shape index (κ2) is 14.0. The molecule has 10 nitrogen and oxygen atoms in total. The van der Waals surface area contributed by atoms with E-state index in [1.165, 1.54) is 50.7 Å². The predicted molar refractivity (Wildman–Crippen MR) is 196 cm³/mol. The highest BCUT2D eigenvalue weighted by atomic mass is 19.3. The van der Waals surface area contributed by atoms with Crippen LogP contribution in [0.4, 0.5) is 18.9 Å². The molecular weight excluding hydrogens is 699 g/mol. The lowest BCUT2D eigenvalue weighted by molar-refractivity contribution is -0.0500. The number of alkyl halides is 2. The summed E-state index contributed by atoms with van der Waals surface area (Å²) in [5, 5.41) is 3.01. The Labute approximate surface area is 310 Å². The molecule has 3 heterocycles. The Balaban J connectivity index is 0.984. The molecule has 1 aliphatic heterocycles. The van der Waals surface area contributed by atoms with Crippen molar-refractivity contribution in [3.05, 3.63) is 82.7 Å². The smallest absolute Gasteiger partial charge is 0.387 e. The summed E-state index contributed by atoms with van der Waals surface area (Å²) in [5.74, 6) is -1.13. The van der Waals surface area contributed by atoms with Gasteiger partial charge in [-0.05, 0) is 92.1 Å². The Bertz CT molecular complexity index is 2260. The number of imidazole rings is 1. The first-order chi connectivity index (χ1) is 26.0. The predicted octanol–water partition coefficient (Wildman–Crippen LogP) is 8.35. The number of carbonyl (C=O) groups excluding carboxylic acids is 2. The van der Waals surface area contributed by atoms with Crippen molar-refractivity contribution in [3.8, 4) is 28.3 Å². The SMILES string of the molecule is COCC12CCC(CCN3CCc4c(nc(C(=O)Nc5cccc(-c6cccc(-c7nc8cc(C=O)c(OC(F)F)cc8o7)c6F)c5C)n4C)C3)(CC1)C2. The third-order valence-electron chi connectivity index (χ3n) is 12.0. The summed E-state index contributed by atoms with van der Waals surface area (Å²) in [7, 11) is 3.69. The lowest BCUT2D eigenvalue weighted by atomic mass is 9.80. The summed E-state index contributed by atoms with van der Waals surface area (Å²) in [6, 6.07) is 12.4. The molecule has 3 aromatic carbocycles. The Hall–Kier alpha value is -5.01. The quantitative estimate of drug-likeness (QED) is 0.127. The molecule has 2 aliphatic carbocycles. The molecule has 2 bridgehead atoms. The number of aromatic nitrogens is 3. The van der Waals surface area contributed by atoms with Crippen LogP contribution in [0.25, 0.3) is 33.7 Å². The third-order valence-corrected chi connectivity index (χ3v) is 12.0. The van der Waals surface area contributed by atoms with Crippen LogP contribution in [0.15, 0.2) is 52.9 Å².